The molecule has 0 heterocycles. The maximum atomic E-state index is 13.4. The van der Waals surface area contributed by atoms with Gasteiger partial charge in [-0.25, -0.2) is 4.39 Å². The molecule has 5 rings (SSSR count). The number of amides is 2. The van der Waals surface area contributed by atoms with Crippen molar-refractivity contribution in [2.45, 2.75) is 38.3 Å². The van der Waals surface area contributed by atoms with Crippen LogP contribution in [0, 0.1) is 11.2 Å². The Morgan fingerprint density at radius 1 is 1.06 bits per heavy atom. The van der Waals surface area contributed by atoms with Crippen LogP contribution < -0.4 is 20.1 Å². The average Bonchev–Trinajstić information content (AvgIpc) is 2.70. The van der Waals surface area contributed by atoms with Crippen LogP contribution in [-0.2, 0) is 16.1 Å². The molecule has 0 radical (unpaired) electrons. The van der Waals surface area contributed by atoms with Gasteiger partial charge in [0.15, 0.2) is 6.61 Å². The Hall–Kier alpha value is -2.80. The molecule has 0 atom stereocenters. The van der Waals surface area contributed by atoms with Gasteiger partial charge >= 0.3 is 0 Å². The number of hydrogen-bond donors (Lipinski definition) is 2. The minimum Gasteiger partial charge on any atom is -0.494 e. The maximum absolute atomic E-state index is 13.4. The highest BCUT2D eigenvalue weighted by molar-refractivity contribution is 6.30. The molecule has 3 aliphatic rings. The SMILES string of the molecule is CCOc1ccc(CNC(=O)C23CC(NC(=O)COc4ccc(Cl)c(F)c4)(C2)C3)cc1. The molecule has 0 spiro atoms. The van der Waals surface area contributed by atoms with Crippen molar-refractivity contribution in [3.63, 3.8) is 0 Å². The first-order valence-electron chi connectivity index (χ1n) is 10.2. The fraction of sp³-hybridized carbons (Fsp3) is 0.391. The summed E-state index contributed by atoms with van der Waals surface area (Å²) in [5.41, 5.74) is 0.281. The van der Waals surface area contributed by atoms with Crippen molar-refractivity contribution in [3.8, 4) is 11.5 Å². The Morgan fingerprint density at radius 3 is 2.39 bits per heavy atom. The molecule has 2 N–H and O–H groups in total. The highest BCUT2D eigenvalue weighted by Crippen LogP contribution is 2.67. The zero-order chi connectivity index (χ0) is 22.1. The molecule has 2 bridgehead atoms. The molecular formula is C23H24ClFN2O4. The van der Waals surface area contributed by atoms with Crippen LogP contribution in [0.2, 0.25) is 5.02 Å². The molecule has 6 nitrogen and oxygen atoms in total. The Labute approximate surface area is 185 Å². The number of benzene rings is 2. The predicted molar refractivity (Wildman–Crippen MR) is 114 cm³/mol. The van der Waals surface area contributed by atoms with Crippen molar-refractivity contribution in [1.82, 2.24) is 10.6 Å². The van der Waals surface area contributed by atoms with Crippen LogP contribution in [0.5, 0.6) is 11.5 Å². The Balaban J connectivity index is 1.19. The summed E-state index contributed by atoms with van der Waals surface area (Å²) >= 11 is 5.63. The minimum atomic E-state index is -0.600. The van der Waals surface area contributed by atoms with E-state index >= 15 is 0 Å². The van der Waals surface area contributed by atoms with Gasteiger partial charge in [0, 0.05) is 18.2 Å². The van der Waals surface area contributed by atoms with Gasteiger partial charge in [-0.2, -0.15) is 0 Å². The topological polar surface area (TPSA) is 76.7 Å². The first-order valence-corrected chi connectivity index (χ1v) is 10.6. The molecular weight excluding hydrogens is 423 g/mol. The third-order valence-corrected chi connectivity index (χ3v) is 6.17. The third kappa shape index (κ3) is 4.46. The van der Waals surface area contributed by atoms with Crippen LogP contribution in [0.3, 0.4) is 0 Å². The molecule has 3 saturated carbocycles. The van der Waals surface area contributed by atoms with Crippen LogP contribution in [-0.4, -0.2) is 30.6 Å². The van der Waals surface area contributed by atoms with Gasteiger partial charge in [-0.15, -0.1) is 0 Å². The predicted octanol–water partition coefficient (Wildman–Crippen LogP) is 3.61. The maximum Gasteiger partial charge on any atom is 0.258 e. The normalized spacial score (nSPS) is 23.2. The average molecular weight is 447 g/mol. The fourth-order valence-corrected chi connectivity index (χ4v) is 4.57. The molecule has 0 unspecified atom stereocenters. The lowest BCUT2D eigenvalue weighted by Gasteiger charge is -2.69. The van der Waals surface area contributed by atoms with Gasteiger partial charge in [0.05, 0.1) is 17.0 Å². The van der Waals surface area contributed by atoms with Crippen molar-refractivity contribution in [3.05, 3.63) is 58.9 Å². The van der Waals surface area contributed by atoms with E-state index in [1.807, 2.05) is 31.2 Å². The monoisotopic (exact) mass is 446 g/mol. The first-order chi connectivity index (χ1) is 14.8. The summed E-state index contributed by atoms with van der Waals surface area (Å²) in [6.07, 6.45) is 1.86. The van der Waals surface area contributed by atoms with E-state index in [0.29, 0.717) is 32.4 Å². The van der Waals surface area contributed by atoms with E-state index in [-0.39, 0.29) is 34.7 Å². The Kier molecular flexibility index (Phi) is 5.79. The number of rotatable bonds is 9. The van der Waals surface area contributed by atoms with Crippen LogP contribution >= 0.6 is 11.6 Å². The second-order valence-electron chi connectivity index (χ2n) is 8.26. The van der Waals surface area contributed by atoms with Crippen LogP contribution in [0.1, 0.15) is 31.7 Å². The molecule has 0 aromatic heterocycles. The Morgan fingerprint density at radius 2 is 1.74 bits per heavy atom. The largest absolute Gasteiger partial charge is 0.494 e. The molecule has 164 valence electrons. The second kappa shape index (κ2) is 8.38. The van der Waals surface area contributed by atoms with E-state index in [0.717, 1.165) is 17.4 Å². The number of hydrogen-bond acceptors (Lipinski definition) is 4. The lowest BCUT2D eigenvalue weighted by Crippen LogP contribution is -2.78. The lowest BCUT2D eigenvalue weighted by atomic mass is 9.39. The van der Waals surface area contributed by atoms with Gasteiger partial charge in [0.1, 0.15) is 17.3 Å². The molecule has 0 saturated heterocycles. The lowest BCUT2D eigenvalue weighted by molar-refractivity contribution is -0.184. The highest BCUT2D eigenvalue weighted by Gasteiger charge is 2.72. The summed E-state index contributed by atoms with van der Waals surface area (Å²) < 4.78 is 24.2. The van der Waals surface area contributed by atoms with Gasteiger partial charge in [-0.05, 0) is 56.0 Å². The minimum absolute atomic E-state index is 0.00299. The number of ether oxygens (including phenoxy) is 2. The summed E-state index contributed by atoms with van der Waals surface area (Å²) in [4.78, 5) is 24.8. The van der Waals surface area contributed by atoms with Crippen LogP contribution in [0.4, 0.5) is 4.39 Å². The summed E-state index contributed by atoms with van der Waals surface area (Å²) in [5.74, 6) is 0.167. The number of halogens is 2. The second-order valence-corrected chi connectivity index (χ2v) is 8.67. The quantitative estimate of drug-likeness (QED) is 0.617. The zero-order valence-corrected chi connectivity index (χ0v) is 17.9. The van der Waals surface area contributed by atoms with Crippen molar-refractivity contribution in [2.75, 3.05) is 13.2 Å². The van der Waals surface area contributed by atoms with E-state index in [4.69, 9.17) is 21.1 Å². The summed E-state index contributed by atoms with van der Waals surface area (Å²) in [6.45, 7) is 2.78. The first kappa shape index (κ1) is 21.4. The molecule has 3 aliphatic carbocycles. The van der Waals surface area contributed by atoms with Crippen molar-refractivity contribution in [2.24, 2.45) is 5.41 Å². The molecule has 3 fully saturated rings. The van der Waals surface area contributed by atoms with Crippen LogP contribution in [0.25, 0.3) is 0 Å². The fourth-order valence-electron chi connectivity index (χ4n) is 4.45. The molecule has 2 aromatic rings. The van der Waals surface area contributed by atoms with E-state index in [2.05, 4.69) is 10.6 Å². The molecule has 31 heavy (non-hydrogen) atoms. The van der Waals surface area contributed by atoms with Crippen LogP contribution in [0.15, 0.2) is 42.5 Å². The van der Waals surface area contributed by atoms with E-state index in [1.165, 1.54) is 12.1 Å². The van der Waals surface area contributed by atoms with Gasteiger partial charge in [0.2, 0.25) is 5.91 Å². The number of nitrogens with one attached hydrogen (secondary N) is 2. The van der Waals surface area contributed by atoms with Gasteiger partial charge < -0.3 is 20.1 Å². The van der Waals surface area contributed by atoms with Crippen molar-refractivity contribution < 1.29 is 23.5 Å². The highest BCUT2D eigenvalue weighted by atomic mass is 35.5. The van der Waals surface area contributed by atoms with Crippen molar-refractivity contribution in [1.29, 1.82) is 0 Å². The van der Waals surface area contributed by atoms with Gasteiger partial charge in [-0.1, -0.05) is 23.7 Å². The van der Waals surface area contributed by atoms with E-state index in [1.54, 1.807) is 0 Å². The van der Waals surface area contributed by atoms with Crippen molar-refractivity contribution >= 4 is 23.4 Å². The van der Waals surface area contributed by atoms with E-state index in [9.17, 15) is 14.0 Å². The van der Waals surface area contributed by atoms with Gasteiger partial charge in [-0.3, -0.25) is 9.59 Å². The standard InChI is InChI=1S/C23H24ClFN2O4/c1-2-30-16-5-3-15(4-6-16)10-26-21(29)22-12-23(13-22,14-22)27-20(28)11-31-17-7-8-18(24)19(25)9-17/h3-9H,2,10-14H2,1H3,(H,26,29)(H,27,28). The number of carbonyl (C=O) groups is 2. The smallest absolute Gasteiger partial charge is 0.258 e. The van der Waals surface area contributed by atoms with Gasteiger partial charge in [0.25, 0.3) is 5.91 Å². The summed E-state index contributed by atoms with van der Waals surface area (Å²) in [6, 6.07) is 11.7. The molecule has 2 aromatic carbocycles. The Bertz CT molecular complexity index is 976. The summed E-state index contributed by atoms with van der Waals surface area (Å²) in [5, 5.41) is 5.94. The van der Waals surface area contributed by atoms with E-state index < -0.39 is 11.2 Å². The molecule has 0 aliphatic heterocycles. The zero-order valence-electron chi connectivity index (χ0n) is 17.2. The molecule has 2 amide bonds. The number of carbonyl (C=O) groups excluding carboxylic acids is 2. The molecule has 8 heteroatoms. The summed E-state index contributed by atoms with van der Waals surface area (Å²) in [7, 11) is 0. The third-order valence-electron chi connectivity index (χ3n) is 5.87.